The first-order valence-electron chi connectivity index (χ1n) is 15.7. The molecule has 0 aromatic rings. The predicted molar refractivity (Wildman–Crippen MR) is 150 cm³/mol. The van der Waals surface area contributed by atoms with Crippen LogP contribution in [0.2, 0.25) is 0 Å². The van der Waals surface area contributed by atoms with Crippen molar-refractivity contribution in [3.05, 3.63) is 0 Å². The van der Waals surface area contributed by atoms with E-state index in [0.29, 0.717) is 57.9 Å². The van der Waals surface area contributed by atoms with Gasteiger partial charge in [-0.2, -0.15) is 30.4 Å². The maximum Gasteiger partial charge on any atom is 0.432 e. The van der Waals surface area contributed by atoms with Crippen molar-refractivity contribution in [2.75, 3.05) is 0 Å². The summed E-state index contributed by atoms with van der Waals surface area (Å²) < 4.78 is 119. The van der Waals surface area contributed by atoms with Gasteiger partial charge in [-0.1, -0.05) is 20.8 Å². The standard InChI is InChI=1S/C30H41F5O11S/c1-16(4-7-24(39)46-26(29(31,32)33)30(34,35)47(40,41)42)19-5-6-20-25-21(12-23(45-15-38)28(19,20)3)27(2)9-8-18(43-13-36)10-17(27)11-22(25)44-14-37/h13-23,25-26H,4-12H2,1-3H3,(H,40,41,42)/t16?,17-,18+,19+,20-,21-,22+,23-,25-,26?,27-,28+/m0/s1. The van der Waals surface area contributed by atoms with Gasteiger partial charge < -0.3 is 18.9 Å². The Balaban J connectivity index is 1.56. The van der Waals surface area contributed by atoms with Gasteiger partial charge in [-0.15, -0.1) is 0 Å². The van der Waals surface area contributed by atoms with Crippen molar-refractivity contribution in [3.8, 4) is 0 Å². The molecule has 0 spiro atoms. The van der Waals surface area contributed by atoms with Crippen molar-refractivity contribution in [1.82, 2.24) is 0 Å². The summed E-state index contributed by atoms with van der Waals surface area (Å²) in [5, 5.41) is -5.83. The Morgan fingerprint density at radius 2 is 1.57 bits per heavy atom. The smallest absolute Gasteiger partial charge is 0.432 e. The molecule has 0 aromatic heterocycles. The largest absolute Gasteiger partial charge is 0.465 e. The second kappa shape index (κ2) is 13.4. The fraction of sp³-hybridized carbons (Fsp3) is 0.867. The monoisotopic (exact) mass is 704 g/mol. The summed E-state index contributed by atoms with van der Waals surface area (Å²) in [7, 11) is -6.57. The Labute approximate surface area is 269 Å². The molecule has 12 atom stereocenters. The highest BCUT2D eigenvalue weighted by Crippen LogP contribution is 2.69. The van der Waals surface area contributed by atoms with Crippen LogP contribution in [0.5, 0.6) is 0 Å². The minimum absolute atomic E-state index is 0.0285. The third kappa shape index (κ3) is 6.71. The molecule has 0 heterocycles. The summed E-state index contributed by atoms with van der Waals surface area (Å²) in [4.78, 5) is 46.9. The van der Waals surface area contributed by atoms with Crippen LogP contribution in [0.25, 0.3) is 0 Å². The van der Waals surface area contributed by atoms with E-state index in [1.807, 2.05) is 6.92 Å². The highest BCUT2D eigenvalue weighted by molar-refractivity contribution is 7.86. The van der Waals surface area contributed by atoms with E-state index in [1.165, 1.54) is 0 Å². The van der Waals surface area contributed by atoms with Crippen LogP contribution < -0.4 is 0 Å². The zero-order valence-electron chi connectivity index (χ0n) is 26.2. The average molecular weight is 705 g/mol. The second-order valence-corrected chi connectivity index (χ2v) is 15.6. The first-order valence-corrected chi connectivity index (χ1v) is 17.1. The van der Waals surface area contributed by atoms with Gasteiger partial charge >= 0.3 is 27.5 Å². The number of carbonyl (C=O) groups excluding carboxylic acids is 4. The summed E-state index contributed by atoms with van der Waals surface area (Å²) in [5.41, 5.74) is -0.960. The van der Waals surface area contributed by atoms with Crippen molar-refractivity contribution < 1.29 is 73.0 Å². The third-order valence-corrected chi connectivity index (χ3v) is 13.0. The lowest BCUT2D eigenvalue weighted by molar-refractivity contribution is -0.259. The SMILES string of the molecule is CC(CCC(=O)OC(C(F)(F)F)C(F)(F)S(=O)(=O)O)[C@H]1CC[C@H]2[C@@H]3[C@H](OC=O)C[C@@H]4C[C@H](OC=O)CC[C@]4(C)[C@H]3C[C@H](OC=O)[C@]12C. The Bertz CT molecular complexity index is 1300. The topological polar surface area (TPSA) is 160 Å². The molecule has 11 nitrogen and oxygen atoms in total. The first-order chi connectivity index (χ1) is 21.8. The minimum atomic E-state index is -6.57. The van der Waals surface area contributed by atoms with Crippen LogP contribution in [0.4, 0.5) is 22.0 Å². The van der Waals surface area contributed by atoms with Gasteiger partial charge in [0.1, 0.15) is 18.3 Å². The normalized spacial score (nSPS) is 38.4. The van der Waals surface area contributed by atoms with Gasteiger partial charge in [0.15, 0.2) is 0 Å². The molecule has 1 N–H and O–H groups in total. The van der Waals surface area contributed by atoms with Gasteiger partial charge in [0.2, 0.25) is 0 Å². The maximum absolute atomic E-state index is 13.9. The molecule has 47 heavy (non-hydrogen) atoms. The van der Waals surface area contributed by atoms with Crippen LogP contribution in [0.3, 0.4) is 0 Å². The quantitative estimate of drug-likeness (QED) is 0.0917. The third-order valence-electron chi connectivity index (χ3n) is 12.1. The van der Waals surface area contributed by atoms with Gasteiger partial charge in [0.25, 0.3) is 25.5 Å². The van der Waals surface area contributed by atoms with Crippen molar-refractivity contribution >= 4 is 35.5 Å². The Morgan fingerprint density at radius 3 is 2.15 bits per heavy atom. The van der Waals surface area contributed by atoms with Crippen LogP contribution >= 0.6 is 0 Å². The first kappa shape index (κ1) is 37.3. The second-order valence-electron chi connectivity index (χ2n) is 14.1. The zero-order chi connectivity index (χ0) is 35.2. The minimum Gasteiger partial charge on any atom is -0.465 e. The van der Waals surface area contributed by atoms with E-state index in [4.69, 9.17) is 18.8 Å². The molecule has 2 unspecified atom stereocenters. The molecule has 0 radical (unpaired) electrons. The Kier molecular flexibility index (Phi) is 10.6. The fourth-order valence-corrected chi connectivity index (χ4v) is 10.4. The lowest BCUT2D eigenvalue weighted by Crippen LogP contribution is -2.63. The maximum atomic E-state index is 13.9. The summed E-state index contributed by atoms with van der Waals surface area (Å²) in [5.74, 6) is -2.64. The molecule has 17 heteroatoms. The lowest BCUT2D eigenvalue weighted by Gasteiger charge is -2.64. The number of halogens is 5. The zero-order valence-corrected chi connectivity index (χ0v) is 27.0. The van der Waals surface area contributed by atoms with Crippen molar-refractivity contribution in [2.45, 2.75) is 114 Å². The van der Waals surface area contributed by atoms with Gasteiger partial charge in [0, 0.05) is 17.8 Å². The molecule has 0 amide bonds. The molecule has 4 saturated carbocycles. The number of carbonyl (C=O) groups is 4. The van der Waals surface area contributed by atoms with E-state index in [0.717, 1.165) is 6.42 Å². The van der Waals surface area contributed by atoms with Crippen molar-refractivity contribution in [3.63, 3.8) is 0 Å². The van der Waals surface area contributed by atoms with E-state index in [-0.39, 0.29) is 47.5 Å². The molecule has 0 bridgehead atoms. The Morgan fingerprint density at radius 1 is 0.936 bits per heavy atom. The van der Waals surface area contributed by atoms with E-state index in [1.54, 1.807) is 6.92 Å². The fourth-order valence-electron chi connectivity index (χ4n) is 9.95. The highest BCUT2D eigenvalue weighted by Gasteiger charge is 2.68. The van der Waals surface area contributed by atoms with Gasteiger partial charge in [-0.25, -0.2) is 0 Å². The van der Waals surface area contributed by atoms with Gasteiger partial charge in [-0.3, -0.25) is 23.7 Å². The number of alkyl halides is 5. The summed E-state index contributed by atoms with van der Waals surface area (Å²) >= 11 is 0. The van der Waals surface area contributed by atoms with Crippen LogP contribution in [0.1, 0.15) is 78.6 Å². The molecule has 268 valence electrons. The molecule has 4 fully saturated rings. The summed E-state index contributed by atoms with van der Waals surface area (Å²) in [6, 6.07) is 0. The molecule has 0 aromatic carbocycles. The highest BCUT2D eigenvalue weighted by atomic mass is 32.2. The Hall–Kier alpha value is -2.56. The van der Waals surface area contributed by atoms with Crippen LogP contribution in [-0.4, -0.2) is 74.2 Å². The summed E-state index contributed by atoms with van der Waals surface area (Å²) in [6.07, 6.45) is -8.48. The van der Waals surface area contributed by atoms with Crippen LogP contribution in [0, 0.1) is 46.3 Å². The lowest BCUT2D eigenvalue weighted by atomic mass is 9.43. The number of fused-ring (bicyclic) bond motifs is 5. The molecule has 4 aliphatic carbocycles. The molecule has 0 saturated heterocycles. The molecule has 4 aliphatic rings. The molecule has 4 rings (SSSR count). The predicted octanol–water partition coefficient (Wildman–Crippen LogP) is 4.86. The van der Waals surface area contributed by atoms with E-state index in [9.17, 15) is 49.5 Å². The number of hydrogen-bond acceptors (Lipinski definition) is 10. The number of ether oxygens (including phenoxy) is 4. The molecule has 0 aliphatic heterocycles. The average Bonchev–Trinajstić information content (AvgIpc) is 3.33. The van der Waals surface area contributed by atoms with Crippen LogP contribution in [-0.2, 0) is 48.2 Å². The molecular weight excluding hydrogens is 663 g/mol. The van der Waals surface area contributed by atoms with Crippen LogP contribution in [0.15, 0.2) is 0 Å². The van der Waals surface area contributed by atoms with Crippen molar-refractivity contribution in [1.29, 1.82) is 0 Å². The van der Waals surface area contributed by atoms with E-state index >= 15 is 0 Å². The van der Waals surface area contributed by atoms with Gasteiger partial charge in [-0.05, 0) is 86.4 Å². The summed E-state index contributed by atoms with van der Waals surface area (Å²) in [6.45, 7) is 7.07. The number of esters is 1. The van der Waals surface area contributed by atoms with Crippen molar-refractivity contribution in [2.24, 2.45) is 46.3 Å². The van der Waals surface area contributed by atoms with E-state index in [2.05, 4.69) is 11.7 Å². The van der Waals surface area contributed by atoms with E-state index < -0.39 is 63.6 Å². The molecular formula is C30H41F5O11S. The number of hydrogen-bond donors (Lipinski definition) is 1. The van der Waals surface area contributed by atoms with Gasteiger partial charge in [0.05, 0.1) is 0 Å². The number of rotatable bonds is 13.